The molecule has 0 aliphatic carbocycles. The molecule has 1 heterocycles. The molecule has 92 valence electrons. The summed E-state index contributed by atoms with van der Waals surface area (Å²) in [5, 5.41) is 8.30. The highest BCUT2D eigenvalue weighted by Crippen LogP contribution is 2.12. The van der Waals surface area contributed by atoms with Crippen LogP contribution < -0.4 is 0 Å². The maximum Gasteiger partial charge on any atom is 0.148 e. The summed E-state index contributed by atoms with van der Waals surface area (Å²) in [5.41, 5.74) is 0. The van der Waals surface area contributed by atoms with Crippen LogP contribution in [0.25, 0.3) is 0 Å². The smallest absolute Gasteiger partial charge is 0.148 e. The third-order valence-corrected chi connectivity index (χ3v) is 3.01. The summed E-state index contributed by atoms with van der Waals surface area (Å²) in [4.78, 5) is 0. The van der Waals surface area contributed by atoms with Crippen molar-refractivity contribution in [2.45, 2.75) is 39.1 Å². The number of halogens is 1. The number of alkyl halides is 1. The van der Waals surface area contributed by atoms with Gasteiger partial charge in [-0.15, -0.1) is 21.8 Å². The molecular weight excluding hydrogens is 226 g/mol. The van der Waals surface area contributed by atoms with Gasteiger partial charge in [-0.05, 0) is 5.92 Å². The average Bonchev–Trinajstić information content (AvgIpc) is 2.68. The average molecular weight is 246 g/mol. The maximum absolute atomic E-state index is 5.83. The fourth-order valence-corrected chi connectivity index (χ4v) is 1.72. The van der Waals surface area contributed by atoms with Crippen LogP contribution in [0.4, 0.5) is 0 Å². The lowest BCUT2D eigenvalue weighted by molar-refractivity contribution is 0.185. The lowest BCUT2D eigenvalue weighted by Gasteiger charge is -2.11. The zero-order chi connectivity index (χ0) is 12.0. The summed E-state index contributed by atoms with van der Waals surface area (Å²) in [5.74, 6) is 2.87. The van der Waals surface area contributed by atoms with Crippen LogP contribution in [0.2, 0.25) is 0 Å². The van der Waals surface area contributed by atoms with Gasteiger partial charge in [-0.1, -0.05) is 20.3 Å². The topological polar surface area (TPSA) is 39.9 Å². The first-order valence-corrected chi connectivity index (χ1v) is 6.22. The van der Waals surface area contributed by atoms with E-state index in [1.54, 1.807) is 7.11 Å². The van der Waals surface area contributed by atoms with Crippen molar-refractivity contribution in [3.8, 4) is 0 Å². The molecule has 1 aromatic rings. The Labute approximate surface area is 102 Å². The van der Waals surface area contributed by atoms with Gasteiger partial charge in [-0.25, -0.2) is 0 Å². The van der Waals surface area contributed by atoms with Gasteiger partial charge in [0.25, 0.3) is 0 Å². The van der Waals surface area contributed by atoms with Crippen molar-refractivity contribution >= 4 is 11.6 Å². The molecule has 0 aliphatic rings. The van der Waals surface area contributed by atoms with E-state index >= 15 is 0 Å². The van der Waals surface area contributed by atoms with Crippen molar-refractivity contribution in [3.05, 3.63) is 11.6 Å². The number of aromatic nitrogens is 3. The molecule has 0 radical (unpaired) electrons. The monoisotopic (exact) mass is 245 g/mol. The second kappa shape index (κ2) is 6.86. The van der Waals surface area contributed by atoms with E-state index in [0.717, 1.165) is 31.0 Å². The molecule has 0 aromatic carbocycles. The first-order chi connectivity index (χ1) is 7.72. The molecule has 0 N–H and O–H groups in total. The Morgan fingerprint density at radius 1 is 1.38 bits per heavy atom. The molecule has 0 spiro atoms. The molecule has 0 bridgehead atoms. The first-order valence-electron chi connectivity index (χ1n) is 5.68. The van der Waals surface area contributed by atoms with Gasteiger partial charge in [-0.2, -0.15) is 0 Å². The second-order valence-electron chi connectivity index (χ2n) is 4.03. The van der Waals surface area contributed by atoms with Crippen molar-refractivity contribution in [3.63, 3.8) is 0 Å². The zero-order valence-corrected chi connectivity index (χ0v) is 11.0. The Kier molecular flexibility index (Phi) is 5.77. The highest BCUT2D eigenvalue weighted by Gasteiger charge is 2.13. The fraction of sp³-hybridized carbons (Fsp3) is 0.818. The van der Waals surface area contributed by atoms with Gasteiger partial charge in [0, 0.05) is 20.1 Å². The minimum absolute atomic E-state index is 0.400. The van der Waals surface area contributed by atoms with Gasteiger partial charge in [0.2, 0.25) is 0 Å². The Balaban J connectivity index is 2.77. The van der Waals surface area contributed by atoms with Crippen LogP contribution in [-0.2, 0) is 23.6 Å². The van der Waals surface area contributed by atoms with Gasteiger partial charge in [0.15, 0.2) is 0 Å². The Hall–Kier alpha value is -0.610. The van der Waals surface area contributed by atoms with Crippen LogP contribution in [0.5, 0.6) is 0 Å². The van der Waals surface area contributed by atoms with E-state index in [1.165, 1.54) is 0 Å². The van der Waals surface area contributed by atoms with Crippen LogP contribution in [-0.4, -0.2) is 28.5 Å². The van der Waals surface area contributed by atoms with Gasteiger partial charge in [-0.3, -0.25) is 0 Å². The molecule has 1 unspecified atom stereocenters. The third-order valence-electron chi connectivity index (χ3n) is 2.77. The number of hydrogen-bond acceptors (Lipinski definition) is 3. The normalized spacial score (nSPS) is 13.0. The maximum atomic E-state index is 5.83. The zero-order valence-electron chi connectivity index (χ0n) is 10.2. The summed E-state index contributed by atoms with van der Waals surface area (Å²) in [6, 6.07) is 0. The molecule has 1 aromatic heterocycles. The minimum Gasteiger partial charge on any atom is -0.383 e. The largest absolute Gasteiger partial charge is 0.383 e. The fourth-order valence-electron chi connectivity index (χ4n) is 1.52. The van der Waals surface area contributed by atoms with Crippen LogP contribution >= 0.6 is 11.6 Å². The second-order valence-corrected chi connectivity index (χ2v) is 4.30. The predicted molar refractivity (Wildman–Crippen MR) is 64.6 cm³/mol. The molecule has 1 rings (SSSR count). The molecule has 16 heavy (non-hydrogen) atoms. The van der Waals surface area contributed by atoms with E-state index in [4.69, 9.17) is 16.3 Å². The van der Waals surface area contributed by atoms with Gasteiger partial charge in [0.1, 0.15) is 11.6 Å². The molecule has 5 heteroatoms. The van der Waals surface area contributed by atoms with E-state index in [2.05, 4.69) is 28.6 Å². The summed E-state index contributed by atoms with van der Waals surface area (Å²) >= 11 is 5.83. The predicted octanol–water partition coefficient (Wildman–Crippen LogP) is 2.25. The van der Waals surface area contributed by atoms with E-state index in [0.29, 0.717) is 18.4 Å². The van der Waals surface area contributed by atoms with E-state index < -0.39 is 0 Å². The van der Waals surface area contributed by atoms with Crippen molar-refractivity contribution in [2.75, 3.05) is 13.7 Å². The Morgan fingerprint density at radius 3 is 2.62 bits per heavy atom. The SMILES string of the molecule is CCC(C)Cc1nnc(CCl)n1CCOC. The molecule has 0 aliphatic heterocycles. The summed E-state index contributed by atoms with van der Waals surface area (Å²) in [6.07, 6.45) is 2.09. The molecule has 0 saturated carbocycles. The van der Waals surface area contributed by atoms with Crippen molar-refractivity contribution in [1.82, 2.24) is 14.8 Å². The summed E-state index contributed by atoms with van der Waals surface area (Å²) in [7, 11) is 1.69. The Morgan fingerprint density at radius 2 is 2.06 bits per heavy atom. The number of rotatable bonds is 7. The first kappa shape index (κ1) is 13.5. The highest BCUT2D eigenvalue weighted by molar-refractivity contribution is 6.16. The molecular formula is C11H20ClN3O. The van der Waals surface area contributed by atoms with Crippen molar-refractivity contribution < 1.29 is 4.74 Å². The van der Waals surface area contributed by atoms with Gasteiger partial charge < -0.3 is 9.30 Å². The Bertz CT molecular complexity index is 314. The molecule has 1 atom stereocenters. The van der Waals surface area contributed by atoms with E-state index in [-0.39, 0.29) is 0 Å². The van der Waals surface area contributed by atoms with E-state index in [9.17, 15) is 0 Å². The number of ether oxygens (including phenoxy) is 1. The third kappa shape index (κ3) is 3.46. The van der Waals surface area contributed by atoms with E-state index in [1.807, 2.05) is 0 Å². The molecule has 0 fully saturated rings. The van der Waals surface area contributed by atoms with Crippen LogP contribution in [0.15, 0.2) is 0 Å². The van der Waals surface area contributed by atoms with Gasteiger partial charge in [0.05, 0.1) is 12.5 Å². The summed E-state index contributed by atoms with van der Waals surface area (Å²) < 4.78 is 7.15. The van der Waals surface area contributed by atoms with Gasteiger partial charge >= 0.3 is 0 Å². The number of nitrogens with zero attached hydrogens (tertiary/aromatic N) is 3. The van der Waals surface area contributed by atoms with Crippen LogP contribution in [0.3, 0.4) is 0 Å². The van der Waals surface area contributed by atoms with Crippen molar-refractivity contribution in [1.29, 1.82) is 0 Å². The number of methoxy groups -OCH3 is 1. The highest BCUT2D eigenvalue weighted by atomic mass is 35.5. The molecule has 4 nitrogen and oxygen atoms in total. The minimum atomic E-state index is 0.400. The van der Waals surface area contributed by atoms with Crippen LogP contribution in [0.1, 0.15) is 31.9 Å². The number of hydrogen-bond donors (Lipinski definition) is 0. The quantitative estimate of drug-likeness (QED) is 0.692. The molecule has 0 amide bonds. The standard InChI is InChI=1S/C11H20ClN3O/c1-4-9(2)7-10-13-14-11(8-12)15(10)5-6-16-3/h9H,4-8H2,1-3H3. The van der Waals surface area contributed by atoms with Crippen molar-refractivity contribution in [2.24, 2.45) is 5.92 Å². The lowest BCUT2D eigenvalue weighted by Crippen LogP contribution is -2.13. The lowest BCUT2D eigenvalue weighted by atomic mass is 10.1. The molecule has 0 saturated heterocycles. The van der Waals surface area contributed by atoms with Crippen LogP contribution in [0, 0.1) is 5.92 Å². The summed E-state index contributed by atoms with van der Waals surface area (Å²) in [6.45, 7) is 5.84.